The van der Waals surface area contributed by atoms with Crippen LogP contribution in [0.3, 0.4) is 0 Å². The Morgan fingerprint density at radius 3 is 1.24 bits per heavy atom. The number of ketones is 1. The Morgan fingerprint density at radius 1 is 0.486 bits per heavy atom. The second kappa shape index (κ2) is 28.9. The molecule has 37 heavy (non-hydrogen) atoms. The molecule has 0 heterocycles. The molecule has 0 saturated heterocycles. The molecular formula is C25H46O12. The summed E-state index contributed by atoms with van der Waals surface area (Å²) in [6.07, 6.45) is 4.20. The molecule has 0 aromatic heterocycles. The molecule has 0 unspecified atom stereocenters. The number of hydrogen-bond acceptors (Lipinski definition) is 11. The lowest BCUT2D eigenvalue weighted by molar-refractivity contribution is -0.151. The Bertz CT molecular complexity index is 544. The van der Waals surface area contributed by atoms with Crippen LogP contribution in [0.2, 0.25) is 0 Å². The van der Waals surface area contributed by atoms with Crippen molar-refractivity contribution in [2.24, 2.45) is 0 Å². The number of carbonyl (C=O) groups is 3. The van der Waals surface area contributed by atoms with Crippen molar-refractivity contribution in [1.29, 1.82) is 0 Å². The number of Topliss-reactive ketones (excluding diaryl/α,β-unsaturated/α-hetero) is 1. The first-order valence-electron chi connectivity index (χ1n) is 13.0. The smallest absolute Gasteiger partial charge is 0.372 e. The van der Waals surface area contributed by atoms with Gasteiger partial charge in [0.15, 0.2) is 0 Å². The second-order valence-electron chi connectivity index (χ2n) is 7.80. The highest BCUT2D eigenvalue weighted by Gasteiger charge is 2.14. The zero-order chi connectivity index (χ0) is 27.2. The quantitative estimate of drug-likeness (QED) is 0.0806. The van der Waals surface area contributed by atoms with E-state index in [0.717, 1.165) is 13.0 Å². The van der Waals surface area contributed by atoms with Crippen LogP contribution >= 0.6 is 0 Å². The highest BCUT2D eigenvalue weighted by Crippen LogP contribution is 1.98. The van der Waals surface area contributed by atoms with Gasteiger partial charge < -0.3 is 43.0 Å². The Morgan fingerprint density at radius 2 is 0.865 bits per heavy atom. The number of carbonyl (C=O) groups excluding carboxylic acids is 2. The summed E-state index contributed by atoms with van der Waals surface area (Å²) in [6, 6.07) is 0. The Balaban J connectivity index is 3.13. The lowest BCUT2D eigenvalue weighted by Crippen LogP contribution is -2.17. The van der Waals surface area contributed by atoms with Crippen LogP contribution in [0, 0.1) is 0 Å². The van der Waals surface area contributed by atoms with E-state index >= 15 is 0 Å². The van der Waals surface area contributed by atoms with Gasteiger partial charge >= 0.3 is 11.9 Å². The summed E-state index contributed by atoms with van der Waals surface area (Å²) in [5, 5.41) is 8.42. The van der Waals surface area contributed by atoms with E-state index in [2.05, 4.69) is 6.92 Å². The Hall–Kier alpha value is -1.67. The number of carboxylic acids is 1. The number of hydrogen-bond donors (Lipinski definition) is 1. The monoisotopic (exact) mass is 538 g/mol. The average Bonchev–Trinajstić information content (AvgIpc) is 2.89. The number of ether oxygens (including phenoxy) is 8. The summed E-state index contributed by atoms with van der Waals surface area (Å²) in [5.74, 6) is -3.22. The summed E-state index contributed by atoms with van der Waals surface area (Å²) in [4.78, 5) is 32.5. The van der Waals surface area contributed by atoms with Crippen LogP contribution in [0.4, 0.5) is 0 Å². The van der Waals surface area contributed by atoms with Gasteiger partial charge in [-0.2, -0.15) is 0 Å². The first kappa shape index (κ1) is 35.3. The topological polar surface area (TPSA) is 145 Å². The molecule has 0 saturated carbocycles. The van der Waals surface area contributed by atoms with Crippen LogP contribution < -0.4 is 0 Å². The first-order chi connectivity index (χ1) is 18.1. The summed E-state index contributed by atoms with van der Waals surface area (Å²) in [7, 11) is 0. The van der Waals surface area contributed by atoms with E-state index in [1.165, 1.54) is 19.3 Å². The van der Waals surface area contributed by atoms with Crippen molar-refractivity contribution in [3.8, 4) is 0 Å². The third kappa shape index (κ3) is 28.7. The predicted molar refractivity (Wildman–Crippen MR) is 133 cm³/mol. The van der Waals surface area contributed by atoms with Crippen molar-refractivity contribution >= 4 is 17.7 Å². The fourth-order valence-electron chi connectivity index (χ4n) is 2.66. The summed E-state index contributed by atoms with van der Waals surface area (Å²) < 4.78 is 42.6. The van der Waals surface area contributed by atoms with Gasteiger partial charge in [0, 0.05) is 13.0 Å². The zero-order valence-corrected chi connectivity index (χ0v) is 22.3. The normalized spacial score (nSPS) is 11.1. The lowest BCUT2D eigenvalue weighted by Gasteiger charge is -2.08. The third-order valence-electron chi connectivity index (χ3n) is 4.66. The molecule has 0 spiro atoms. The minimum atomic E-state index is -1.56. The maximum Gasteiger partial charge on any atom is 0.372 e. The number of unbranched alkanes of at least 4 members (excludes halogenated alkanes) is 3. The molecule has 0 rings (SSSR count). The molecule has 218 valence electrons. The van der Waals surface area contributed by atoms with Crippen molar-refractivity contribution in [3.05, 3.63) is 0 Å². The number of rotatable bonds is 30. The molecule has 0 fully saturated rings. The molecule has 12 heteroatoms. The van der Waals surface area contributed by atoms with Crippen LogP contribution in [0.5, 0.6) is 0 Å². The molecule has 0 aromatic rings. The van der Waals surface area contributed by atoms with Gasteiger partial charge in [0.05, 0.1) is 92.3 Å². The van der Waals surface area contributed by atoms with Crippen molar-refractivity contribution in [3.63, 3.8) is 0 Å². The van der Waals surface area contributed by atoms with Gasteiger partial charge in [-0.15, -0.1) is 0 Å². The third-order valence-corrected chi connectivity index (χ3v) is 4.66. The fraction of sp³-hybridized carbons (Fsp3) is 0.880. The van der Waals surface area contributed by atoms with Gasteiger partial charge in [0.2, 0.25) is 5.78 Å². The largest absolute Gasteiger partial charge is 0.476 e. The fourth-order valence-corrected chi connectivity index (χ4v) is 2.66. The van der Waals surface area contributed by atoms with Crippen LogP contribution in [0.1, 0.15) is 45.4 Å². The van der Waals surface area contributed by atoms with Crippen molar-refractivity contribution in [1.82, 2.24) is 0 Å². The van der Waals surface area contributed by atoms with E-state index in [0.29, 0.717) is 79.3 Å². The maximum atomic E-state index is 11.3. The van der Waals surface area contributed by atoms with E-state index < -0.39 is 17.7 Å². The lowest BCUT2D eigenvalue weighted by atomic mass is 10.2. The first-order valence-corrected chi connectivity index (χ1v) is 13.0. The summed E-state index contributed by atoms with van der Waals surface area (Å²) in [6.45, 7) is 8.97. The summed E-state index contributed by atoms with van der Waals surface area (Å²) in [5.41, 5.74) is 0. The van der Waals surface area contributed by atoms with Gasteiger partial charge in [-0.25, -0.2) is 4.79 Å². The molecular weight excluding hydrogens is 492 g/mol. The molecule has 0 amide bonds. The number of aliphatic carboxylic acids is 1. The van der Waals surface area contributed by atoms with Gasteiger partial charge in [-0.1, -0.05) is 26.2 Å². The van der Waals surface area contributed by atoms with Crippen LogP contribution in [-0.2, 0) is 52.3 Å². The average molecular weight is 539 g/mol. The highest BCUT2D eigenvalue weighted by molar-refractivity contribution is 6.32. The molecule has 0 radical (unpaired) electrons. The molecule has 0 aliphatic heterocycles. The predicted octanol–water partition coefficient (Wildman–Crippen LogP) is 1.66. The van der Waals surface area contributed by atoms with E-state index in [1.54, 1.807) is 0 Å². The van der Waals surface area contributed by atoms with Crippen molar-refractivity contribution < 1.29 is 57.4 Å². The van der Waals surface area contributed by atoms with Gasteiger partial charge in [-0.05, 0) is 6.42 Å². The van der Waals surface area contributed by atoms with Gasteiger partial charge in [0.25, 0.3) is 0 Å². The second-order valence-corrected chi connectivity index (χ2v) is 7.80. The molecule has 0 aliphatic rings. The van der Waals surface area contributed by atoms with Crippen molar-refractivity contribution in [2.75, 3.05) is 99.1 Å². The highest BCUT2D eigenvalue weighted by atomic mass is 16.6. The Labute approximate surface area is 220 Å². The number of esters is 1. The molecule has 0 bridgehead atoms. The maximum absolute atomic E-state index is 11.3. The minimum absolute atomic E-state index is 0.0246. The summed E-state index contributed by atoms with van der Waals surface area (Å²) >= 11 is 0. The standard InChI is InChI=1S/C25H46O12/c1-2-3-4-5-8-30-9-10-31-11-12-32-13-14-33-15-16-34-17-18-35-19-20-36-21-22-37-24(27)7-6-23(26)25(28)29/h2-22H2,1H3,(H,28,29). The number of carboxylic acid groups (broad SMARTS) is 1. The molecule has 0 aliphatic carbocycles. The van der Waals surface area contributed by atoms with Gasteiger partial charge in [-0.3, -0.25) is 9.59 Å². The molecule has 0 aromatic carbocycles. The van der Waals surface area contributed by atoms with Crippen LogP contribution in [0.25, 0.3) is 0 Å². The van der Waals surface area contributed by atoms with Gasteiger partial charge in [0.1, 0.15) is 6.61 Å². The zero-order valence-electron chi connectivity index (χ0n) is 22.3. The van der Waals surface area contributed by atoms with Crippen LogP contribution in [0.15, 0.2) is 0 Å². The molecule has 12 nitrogen and oxygen atoms in total. The van der Waals surface area contributed by atoms with E-state index in [1.807, 2.05) is 0 Å². The van der Waals surface area contributed by atoms with Crippen molar-refractivity contribution in [2.45, 2.75) is 45.4 Å². The Kier molecular flexibility index (Phi) is 27.6. The molecule has 0 atom stereocenters. The molecule has 1 N–H and O–H groups in total. The SMILES string of the molecule is CCCCCCOCCOCCOCCOCCOCCOCCOCCOC(=O)CCC(=O)C(=O)O. The minimum Gasteiger partial charge on any atom is -0.476 e. The van der Waals surface area contributed by atoms with Crippen LogP contribution in [-0.4, -0.2) is 122 Å². The van der Waals surface area contributed by atoms with E-state index in [9.17, 15) is 14.4 Å². The van der Waals surface area contributed by atoms with E-state index in [-0.39, 0.29) is 26.1 Å². The van der Waals surface area contributed by atoms with E-state index in [4.69, 9.17) is 43.0 Å².